The first-order chi connectivity index (χ1) is 20.5. The lowest BCUT2D eigenvalue weighted by Gasteiger charge is -2.36. The Morgan fingerprint density at radius 1 is 0.881 bits per heavy atom. The van der Waals surface area contributed by atoms with Crippen LogP contribution < -0.4 is 9.64 Å². The van der Waals surface area contributed by atoms with Gasteiger partial charge >= 0.3 is 0 Å². The summed E-state index contributed by atoms with van der Waals surface area (Å²) in [5, 5.41) is 2.13. The molecule has 3 aromatic rings. The van der Waals surface area contributed by atoms with Crippen molar-refractivity contribution < 1.29 is 13.9 Å². The molecule has 3 aromatic carbocycles. The highest BCUT2D eigenvalue weighted by Crippen LogP contribution is 2.35. The number of benzene rings is 3. The van der Waals surface area contributed by atoms with Crippen molar-refractivity contribution in [2.75, 3.05) is 50.8 Å². The van der Waals surface area contributed by atoms with Crippen molar-refractivity contribution in [1.29, 1.82) is 0 Å². The van der Waals surface area contributed by atoms with Crippen molar-refractivity contribution in [2.45, 2.75) is 64.3 Å². The molecule has 0 aromatic heterocycles. The van der Waals surface area contributed by atoms with Crippen LogP contribution in [0.3, 0.4) is 0 Å². The summed E-state index contributed by atoms with van der Waals surface area (Å²) in [5.74, 6) is 0.854. The first-order valence-electron chi connectivity index (χ1n) is 15.8. The SMILES string of the molecule is Cc1cc2cc3c(cc2cc1OCCCCCCCCN1CCN(c2ccc(F)cc2)CC1)N=C[C@@H]1CCCN1C3=O. The third kappa shape index (κ3) is 6.62. The van der Waals surface area contributed by atoms with Gasteiger partial charge in [-0.05, 0) is 104 Å². The molecule has 0 saturated carbocycles. The molecule has 222 valence electrons. The third-order valence-electron chi connectivity index (χ3n) is 9.12. The Morgan fingerprint density at radius 2 is 1.62 bits per heavy atom. The number of fused-ring (bicyclic) bond motifs is 3. The minimum atomic E-state index is -0.172. The van der Waals surface area contributed by atoms with E-state index in [2.05, 4.69) is 28.9 Å². The number of hydrogen-bond acceptors (Lipinski definition) is 5. The molecule has 42 heavy (non-hydrogen) atoms. The minimum Gasteiger partial charge on any atom is -0.493 e. The second kappa shape index (κ2) is 13.2. The number of aryl methyl sites for hydroxylation is 1. The van der Waals surface area contributed by atoms with Gasteiger partial charge in [-0.2, -0.15) is 0 Å². The summed E-state index contributed by atoms with van der Waals surface area (Å²) >= 11 is 0. The van der Waals surface area contributed by atoms with Crippen LogP contribution in [0.1, 0.15) is 67.3 Å². The number of halogens is 1. The van der Waals surface area contributed by atoms with E-state index in [0.29, 0.717) is 5.56 Å². The van der Waals surface area contributed by atoms with Crippen LogP contribution in [0.25, 0.3) is 10.8 Å². The molecule has 0 N–H and O–H groups in total. The normalized spacial score (nSPS) is 18.8. The number of nitrogens with zero attached hydrogens (tertiary/aromatic N) is 4. The van der Waals surface area contributed by atoms with E-state index in [0.717, 1.165) is 92.1 Å². The number of amides is 1. The molecular formula is C35H43FN4O2. The van der Waals surface area contributed by atoms with Gasteiger partial charge in [0.05, 0.1) is 23.9 Å². The molecule has 0 aliphatic carbocycles. The van der Waals surface area contributed by atoms with Gasteiger partial charge < -0.3 is 14.5 Å². The van der Waals surface area contributed by atoms with E-state index in [-0.39, 0.29) is 17.8 Å². The van der Waals surface area contributed by atoms with E-state index in [1.807, 2.05) is 35.4 Å². The number of carbonyl (C=O) groups excluding carboxylic acids is 1. The maximum atomic E-state index is 13.2. The summed E-state index contributed by atoms with van der Waals surface area (Å²) in [5.41, 5.74) is 3.70. The predicted molar refractivity (Wildman–Crippen MR) is 169 cm³/mol. The summed E-state index contributed by atoms with van der Waals surface area (Å²) in [4.78, 5) is 24.7. The Morgan fingerprint density at radius 3 is 2.43 bits per heavy atom. The molecule has 0 unspecified atom stereocenters. The molecule has 0 spiro atoms. The van der Waals surface area contributed by atoms with Gasteiger partial charge in [0.15, 0.2) is 0 Å². The van der Waals surface area contributed by atoms with Crippen LogP contribution in [0.4, 0.5) is 15.8 Å². The topological polar surface area (TPSA) is 48.4 Å². The molecule has 3 aliphatic heterocycles. The van der Waals surface area contributed by atoms with Crippen LogP contribution in [-0.2, 0) is 0 Å². The fourth-order valence-electron chi connectivity index (χ4n) is 6.59. The summed E-state index contributed by atoms with van der Waals surface area (Å²) in [6.45, 7) is 8.98. The lowest BCUT2D eigenvalue weighted by Crippen LogP contribution is -2.46. The van der Waals surface area contributed by atoms with Crippen molar-refractivity contribution in [3.05, 3.63) is 65.5 Å². The highest BCUT2D eigenvalue weighted by Gasteiger charge is 2.31. The highest BCUT2D eigenvalue weighted by molar-refractivity contribution is 6.06. The lowest BCUT2D eigenvalue weighted by molar-refractivity contribution is 0.0775. The minimum absolute atomic E-state index is 0.103. The van der Waals surface area contributed by atoms with Crippen molar-refractivity contribution in [1.82, 2.24) is 9.80 Å². The first-order valence-corrected chi connectivity index (χ1v) is 15.8. The van der Waals surface area contributed by atoms with E-state index in [4.69, 9.17) is 9.73 Å². The number of unbranched alkanes of at least 4 members (excludes halogenated alkanes) is 5. The van der Waals surface area contributed by atoms with E-state index in [1.54, 1.807) is 12.1 Å². The number of ether oxygens (including phenoxy) is 1. The molecular weight excluding hydrogens is 527 g/mol. The van der Waals surface area contributed by atoms with Gasteiger partial charge in [-0.3, -0.25) is 14.7 Å². The number of hydrogen-bond donors (Lipinski definition) is 0. The molecule has 0 radical (unpaired) electrons. The third-order valence-corrected chi connectivity index (χ3v) is 9.12. The van der Waals surface area contributed by atoms with Gasteiger partial charge in [0.25, 0.3) is 5.91 Å². The zero-order valence-electron chi connectivity index (χ0n) is 24.9. The molecule has 2 saturated heterocycles. The number of piperazine rings is 1. The van der Waals surface area contributed by atoms with Gasteiger partial charge in [0, 0.05) is 44.6 Å². The summed E-state index contributed by atoms with van der Waals surface area (Å²) in [6, 6.07) is 15.3. The molecule has 6 nitrogen and oxygen atoms in total. The van der Waals surface area contributed by atoms with Crippen LogP contribution in [0.2, 0.25) is 0 Å². The number of carbonyl (C=O) groups is 1. The Bertz CT molecular complexity index is 1410. The Hall–Kier alpha value is -3.45. The lowest BCUT2D eigenvalue weighted by atomic mass is 10.0. The molecule has 0 bridgehead atoms. The Kier molecular flexibility index (Phi) is 9.04. The molecule has 1 amide bonds. The monoisotopic (exact) mass is 570 g/mol. The second-order valence-electron chi connectivity index (χ2n) is 12.1. The van der Waals surface area contributed by atoms with Crippen LogP contribution in [0.15, 0.2) is 53.5 Å². The van der Waals surface area contributed by atoms with Crippen LogP contribution in [-0.4, -0.2) is 73.8 Å². The van der Waals surface area contributed by atoms with Crippen LogP contribution in [0.5, 0.6) is 5.75 Å². The maximum Gasteiger partial charge on any atom is 0.256 e. The van der Waals surface area contributed by atoms with Gasteiger partial charge in [-0.15, -0.1) is 0 Å². The van der Waals surface area contributed by atoms with Crippen LogP contribution >= 0.6 is 0 Å². The van der Waals surface area contributed by atoms with E-state index in [1.165, 1.54) is 38.6 Å². The van der Waals surface area contributed by atoms with Crippen molar-refractivity contribution in [3.63, 3.8) is 0 Å². The Labute approximate surface area is 249 Å². The average Bonchev–Trinajstić information content (AvgIpc) is 3.44. The first kappa shape index (κ1) is 28.7. The van der Waals surface area contributed by atoms with Gasteiger partial charge in [-0.25, -0.2) is 4.39 Å². The quantitative estimate of drug-likeness (QED) is 0.230. The standard InChI is InChI=1S/C35H43FN4O2/c1-26-21-27-22-32-33(37-25-31-9-8-15-40(31)35(32)41)23-28(27)24-34(26)42-20-7-5-3-2-4-6-14-38-16-18-39(19-17-38)30-12-10-29(36)11-13-30/h10-13,21-25,31H,2-9,14-20H2,1H3/t31-/m0/s1. The smallest absolute Gasteiger partial charge is 0.256 e. The fraction of sp³-hybridized carbons (Fsp3) is 0.486. The second-order valence-corrected chi connectivity index (χ2v) is 12.1. The van der Waals surface area contributed by atoms with Crippen molar-refractivity contribution in [2.24, 2.45) is 4.99 Å². The van der Waals surface area contributed by atoms with Crippen molar-refractivity contribution >= 4 is 34.3 Å². The van der Waals surface area contributed by atoms with Crippen molar-refractivity contribution in [3.8, 4) is 5.75 Å². The van der Waals surface area contributed by atoms with Crippen LogP contribution in [0, 0.1) is 12.7 Å². The average molecular weight is 571 g/mol. The van der Waals surface area contributed by atoms with E-state index in [9.17, 15) is 9.18 Å². The van der Waals surface area contributed by atoms with E-state index < -0.39 is 0 Å². The highest BCUT2D eigenvalue weighted by atomic mass is 19.1. The summed E-state index contributed by atoms with van der Waals surface area (Å²) in [6.07, 6.45) is 11.3. The number of anilines is 1. The molecule has 7 heteroatoms. The zero-order chi connectivity index (χ0) is 28.9. The summed E-state index contributed by atoms with van der Waals surface area (Å²) < 4.78 is 19.4. The van der Waals surface area contributed by atoms with E-state index >= 15 is 0 Å². The molecule has 1 atom stereocenters. The van der Waals surface area contributed by atoms with Gasteiger partial charge in [0.2, 0.25) is 0 Å². The number of aliphatic imine (C=N–C) groups is 1. The molecule has 3 heterocycles. The molecule has 2 fully saturated rings. The predicted octanol–water partition coefficient (Wildman–Crippen LogP) is 7.15. The largest absolute Gasteiger partial charge is 0.493 e. The zero-order valence-corrected chi connectivity index (χ0v) is 24.9. The summed E-state index contributed by atoms with van der Waals surface area (Å²) in [7, 11) is 0. The van der Waals surface area contributed by atoms with Gasteiger partial charge in [0.1, 0.15) is 11.6 Å². The Balaban J connectivity index is 0.887. The fourth-order valence-corrected chi connectivity index (χ4v) is 6.59. The molecule has 6 rings (SSSR count). The van der Waals surface area contributed by atoms with Gasteiger partial charge in [-0.1, -0.05) is 25.7 Å². The maximum absolute atomic E-state index is 13.2. The molecule has 3 aliphatic rings. The number of rotatable bonds is 11.